The normalized spacial score (nSPS) is 16.9. The molecule has 0 N–H and O–H groups in total. The number of carbonyl (C=O) groups is 1. The molecule has 2 aromatic heterocycles. The maximum absolute atomic E-state index is 13.0. The molecule has 4 aromatic rings. The molecule has 0 unspecified atom stereocenters. The second-order valence-corrected chi connectivity index (χ2v) is 9.85. The zero-order chi connectivity index (χ0) is 25.2. The van der Waals surface area contributed by atoms with Crippen molar-refractivity contribution >= 4 is 22.8 Å². The smallest absolute Gasteiger partial charge is 0.227 e. The molecule has 2 aliphatic rings. The summed E-state index contributed by atoms with van der Waals surface area (Å²) >= 11 is 0. The number of fused-ring (bicyclic) bond motifs is 1. The number of ether oxygens (including phenoxy) is 1. The minimum atomic E-state index is 0.176. The Bertz CT molecular complexity index is 1370. The number of aryl methyl sites for hydroxylation is 1. The fraction of sp³-hybridized carbons (Fsp3) is 0.379. The van der Waals surface area contributed by atoms with Gasteiger partial charge in [-0.25, -0.2) is 14.6 Å². The molecule has 2 aromatic carbocycles. The van der Waals surface area contributed by atoms with Crippen molar-refractivity contribution in [3.63, 3.8) is 0 Å². The molecule has 6 rings (SSSR count). The highest BCUT2D eigenvalue weighted by Crippen LogP contribution is 2.33. The number of carbonyl (C=O) groups excluding carboxylic acids is 1. The van der Waals surface area contributed by atoms with Crippen LogP contribution >= 0.6 is 0 Å². The highest BCUT2D eigenvalue weighted by Gasteiger charge is 2.28. The highest BCUT2D eigenvalue weighted by molar-refractivity contribution is 5.91. The van der Waals surface area contributed by atoms with Crippen molar-refractivity contribution in [3.8, 4) is 5.69 Å². The first-order chi connectivity index (χ1) is 18.2. The van der Waals surface area contributed by atoms with Crippen LogP contribution in [-0.4, -0.2) is 69.9 Å². The van der Waals surface area contributed by atoms with Crippen LogP contribution in [0.25, 0.3) is 16.7 Å². The lowest BCUT2D eigenvalue weighted by atomic mass is 9.99. The van der Waals surface area contributed by atoms with Crippen molar-refractivity contribution in [1.82, 2.24) is 24.6 Å². The zero-order valence-corrected chi connectivity index (χ0v) is 21.2. The van der Waals surface area contributed by atoms with Gasteiger partial charge in [-0.15, -0.1) is 0 Å². The van der Waals surface area contributed by atoms with E-state index in [9.17, 15) is 4.79 Å². The first-order valence-corrected chi connectivity index (χ1v) is 13.1. The largest absolute Gasteiger partial charge is 0.381 e. The van der Waals surface area contributed by atoms with Crippen LogP contribution in [-0.2, 0) is 16.0 Å². The number of rotatable bonds is 5. The van der Waals surface area contributed by atoms with E-state index < -0.39 is 0 Å². The summed E-state index contributed by atoms with van der Waals surface area (Å²) in [5.41, 5.74) is 3.80. The summed E-state index contributed by atoms with van der Waals surface area (Å²) in [5, 5.41) is 5.88. The SMILES string of the molecule is Cc1nn(-c2ccccc2)c2nc(C3CCOCC3)nc(N3CCN(C(=O)Cc4ccccc4)CC3)c12. The van der Waals surface area contributed by atoms with E-state index in [2.05, 4.69) is 17.0 Å². The Kier molecular flexibility index (Phi) is 6.57. The quantitative estimate of drug-likeness (QED) is 0.417. The van der Waals surface area contributed by atoms with Crippen LogP contribution in [0.1, 0.15) is 35.8 Å². The maximum Gasteiger partial charge on any atom is 0.227 e. The average molecular weight is 497 g/mol. The van der Waals surface area contributed by atoms with E-state index in [0.717, 1.165) is 78.8 Å². The summed E-state index contributed by atoms with van der Waals surface area (Å²) in [5.74, 6) is 2.24. The number of benzene rings is 2. The second-order valence-electron chi connectivity index (χ2n) is 9.85. The molecule has 0 saturated carbocycles. The molecule has 8 heteroatoms. The van der Waals surface area contributed by atoms with Crippen LogP contribution in [0.5, 0.6) is 0 Å². The van der Waals surface area contributed by atoms with Gasteiger partial charge in [0.05, 0.1) is 23.2 Å². The molecule has 1 amide bonds. The summed E-state index contributed by atoms with van der Waals surface area (Å²) in [6, 6.07) is 20.1. The zero-order valence-electron chi connectivity index (χ0n) is 21.2. The van der Waals surface area contributed by atoms with Gasteiger partial charge in [0.15, 0.2) is 5.65 Å². The van der Waals surface area contributed by atoms with Gasteiger partial charge in [0, 0.05) is 45.3 Å². The molecule has 37 heavy (non-hydrogen) atoms. The molecular weight excluding hydrogens is 464 g/mol. The predicted octanol–water partition coefficient (Wildman–Crippen LogP) is 3.91. The first-order valence-electron chi connectivity index (χ1n) is 13.1. The van der Waals surface area contributed by atoms with Gasteiger partial charge in [0.2, 0.25) is 5.91 Å². The number of para-hydroxylation sites is 1. The van der Waals surface area contributed by atoms with Crippen LogP contribution in [0.2, 0.25) is 0 Å². The number of hydrogen-bond donors (Lipinski definition) is 0. The van der Waals surface area contributed by atoms with E-state index in [-0.39, 0.29) is 11.8 Å². The van der Waals surface area contributed by atoms with Crippen LogP contribution < -0.4 is 4.90 Å². The summed E-state index contributed by atoms with van der Waals surface area (Å²) in [6.45, 7) is 6.32. The molecule has 0 atom stereocenters. The Balaban J connectivity index is 1.31. The van der Waals surface area contributed by atoms with Gasteiger partial charge in [0.25, 0.3) is 0 Å². The lowest BCUT2D eigenvalue weighted by molar-refractivity contribution is -0.130. The van der Waals surface area contributed by atoms with Gasteiger partial charge >= 0.3 is 0 Å². The van der Waals surface area contributed by atoms with Crippen molar-refractivity contribution < 1.29 is 9.53 Å². The average Bonchev–Trinajstić information content (AvgIpc) is 3.30. The van der Waals surface area contributed by atoms with E-state index in [4.69, 9.17) is 19.8 Å². The topological polar surface area (TPSA) is 76.4 Å². The molecular formula is C29H32N6O2. The molecule has 2 saturated heterocycles. The van der Waals surface area contributed by atoms with Crippen LogP contribution in [0.3, 0.4) is 0 Å². The maximum atomic E-state index is 13.0. The number of amides is 1. The number of piperazine rings is 1. The van der Waals surface area contributed by atoms with Gasteiger partial charge in [-0.3, -0.25) is 4.79 Å². The first kappa shape index (κ1) is 23.6. The standard InChI is InChI=1S/C29H32N6O2/c1-21-26-28(34-16-14-33(15-17-34)25(36)20-22-8-4-2-5-9-22)30-27(23-12-18-37-19-13-23)31-29(26)35(32-21)24-10-6-3-7-11-24/h2-11,23H,12-20H2,1H3. The lowest BCUT2D eigenvalue weighted by Crippen LogP contribution is -2.49. The molecule has 0 spiro atoms. The van der Waals surface area contributed by atoms with Crippen molar-refractivity contribution in [2.75, 3.05) is 44.3 Å². The van der Waals surface area contributed by atoms with Crippen molar-refractivity contribution in [2.24, 2.45) is 0 Å². The Morgan fingerprint density at radius 2 is 1.59 bits per heavy atom. The Hall–Kier alpha value is -3.78. The van der Waals surface area contributed by atoms with Crippen LogP contribution in [0.4, 0.5) is 5.82 Å². The van der Waals surface area contributed by atoms with Gasteiger partial charge in [-0.05, 0) is 37.5 Å². The van der Waals surface area contributed by atoms with E-state index in [1.54, 1.807) is 0 Å². The minimum absolute atomic E-state index is 0.176. The second kappa shape index (κ2) is 10.3. The van der Waals surface area contributed by atoms with E-state index in [0.29, 0.717) is 19.5 Å². The Morgan fingerprint density at radius 3 is 2.30 bits per heavy atom. The van der Waals surface area contributed by atoms with Crippen molar-refractivity contribution in [3.05, 3.63) is 77.7 Å². The number of nitrogens with zero attached hydrogens (tertiary/aromatic N) is 6. The van der Waals surface area contributed by atoms with E-state index in [1.807, 2.05) is 65.0 Å². The Labute approximate surface area is 216 Å². The van der Waals surface area contributed by atoms with Gasteiger partial charge in [-0.1, -0.05) is 48.5 Å². The molecule has 190 valence electrons. The molecule has 2 aliphatic heterocycles. The molecule has 0 aliphatic carbocycles. The molecule has 4 heterocycles. The van der Waals surface area contributed by atoms with Gasteiger partial charge in [0.1, 0.15) is 11.6 Å². The van der Waals surface area contributed by atoms with Gasteiger partial charge in [-0.2, -0.15) is 5.10 Å². The number of anilines is 1. The van der Waals surface area contributed by atoms with Crippen LogP contribution in [0, 0.1) is 6.92 Å². The van der Waals surface area contributed by atoms with Gasteiger partial charge < -0.3 is 14.5 Å². The molecule has 8 nitrogen and oxygen atoms in total. The number of aromatic nitrogens is 4. The number of hydrogen-bond acceptors (Lipinski definition) is 6. The summed E-state index contributed by atoms with van der Waals surface area (Å²) in [4.78, 5) is 27.5. The monoisotopic (exact) mass is 496 g/mol. The van der Waals surface area contributed by atoms with Crippen LogP contribution in [0.15, 0.2) is 60.7 Å². The van der Waals surface area contributed by atoms with E-state index in [1.165, 1.54) is 0 Å². The summed E-state index contributed by atoms with van der Waals surface area (Å²) in [6.07, 6.45) is 2.28. The molecule has 0 bridgehead atoms. The third kappa shape index (κ3) is 4.81. The summed E-state index contributed by atoms with van der Waals surface area (Å²) in [7, 11) is 0. The minimum Gasteiger partial charge on any atom is -0.381 e. The van der Waals surface area contributed by atoms with Crippen molar-refractivity contribution in [2.45, 2.75) is 32.1 Å². The van der Waals surface area contributed by atoms with Crippen molar-refractivity contribution in [1.29, 1.82) is 0 Å². The fourth-order valence-electron chi connectivity index (χ4n) is 5.34. The third-order valence-electron chi connectivity index (χ3n) is 7.42. The lowest BCUT2D eigenvalue weighted by Gasteiger charge is -2.36. The molecule has 0 radical (unpaired) electrons. The highest BCUT2D eigenvalue weighted by atomic mass is 16.5. The van der Waals surface area contributed by atoms with E-state index >= 15 is 0 Å². The predicted molar refractivity (Wildman–Crippen MR) is 143 cm³/mol. The third-order valence-corrected chi connectivity index (χ3v) is 7.42. The molecule has 2 fully saturated rings. The summed E-state index contributed by atoms with van der Waals surface area (Å²) < 4.78 is 7.55. The Morgan fingerprint density at radius 1 is 0.919 bits per heavy atom. The fourth-order valence-corrected chi connectivity index (χ4v) is 5.34.